The number of fused-ring (bicyclic) bond motifs is 1. The lowest BCUT2D eigenvalue weighted by molar-refractivity contribution is 0.205. The highest BCUT2D eigenvalue weighted by molar-refractivity contribution is 5.76. The van der Waals surface area contributed by atoms with E-state index in [1.807, 2.05) is 36.4 Å². The summed E-state index contributed by atoms with van der Waals surface area (Å²) in [4.78, 5) is 4.63. The molecule has 0 saturated carbocycles. The second-order valence-corrected chi connectivity index (χ2v) is 5.93. The molecule has 0 saturated heterocycles. The number of benzene rings is 2. The summed E-state index contributed by atoms with van der Waals surface area (Å²) >= 11 is 0. The van der Waals surface area contributed by atoms with Crippen molar-refractivity contribution in [3.63, 3.8) is 0 Å². The lowest BCUT2D eigenvalue weighted by Crippen LogP contribution is -2.09. The Hall–Kier alpha value is -2.13. The lowest BCUT2D eigenvalue weighted by atomic mass is 10.00. The largest absolute Gasteiger partial charge is 0.380 e. The molecule has 3 rings (SSSR count). The van der Waals surface area contributed by atoms with Crippen molar-refractivity contribution in [3.8, 4) is 0 Å². The number of rotatable bonds is 4. The maximum Gasteiger partial charge on any atom is 0.143 e. The molecule has 1 atom stereocenters. The Morgan fingerprint density at radius 3 is 2.27 bits per heavy atom. The molecule has 3 heteroatoms. The van der Waals surface area contributed by atoms with E-state index in [4.69, 9.17) is 0 Å². The van der Waals surface area contributed by atoms with Crippen LogP contribution in [-0.2, 0) is 6.54 Å². The van der Waals surface area contributed by atoms with Crippen molar-refractivity contribution >= 4 is 11.0 Å². The Bertz CT molecular complexity index is 772. The van der Waals surface area contributed by atoms with Crippen LogP contribution in [0.2, 0.25) is 0 Å². The van der Waals surface area contributed by atoms with Gasteiger partial charge >= 0.3 is 0 Å². The van der Waals surface area contributed by atoms with Gasteiger partial charge in [0.05, 0.1) is 11.0 Å². The van der Waals surface area contributed by atoms with E-state index in [2.05, 4.69) is 42.5 Å². The van der Waals surface area contributed by atoms with Crippen LogP contribution in [0.15, 0.2) is 48.5 Å². The molecule has 0 radical (unpaired) electrons. The van der Waals surface area contributed by atoms with Crippen LogP contribution in [0.1, 0.15) is 49.7 Å². The zero-order valence-corrected chi connectivity index (χ0v) is 13.3. The Labute approximate surface area is 131 Å². The first-order valence-electron chi connectivity index (χ1n) is 7.85. The molecule has 1 heterocycles. The Morgan fingerprint density at radius 2 is 1.64 bits per heavy atom. The first kappa shape index (κ1) is 14.8. The number of nitrogens with zero attached hydrogens (tertiary/aromatic N) is 2. The molecule has 0 bridgehead atoms. The van der Waals surface area contributed by atoms with E-state index in [9.17, 15) is 5.11 Å². The zero-order chi connectivity index (χ0) is 15.7. The molecular formula is C19H22N2O. The molecule has 0 aliphatic rings. The highest BCUT2D eigenvalue weighted by Crippen LogP contribution is 2.26. The third-order valence-electron chi connectivity index (χ3n) is 4.16. The number of aliphatic hydroxyl groups excluding tert-OH is 1. The molecule has 1 aromatic heterocycles. The number of hydrogen-bond acceptors (Lipinski definition) is 2. The van der Waals surface area contributed by atoms with Gasteiger partial charge in [0.2, 0.25) is 0 Å². The summed E-state index contributed by atoms with van der Waals surface area (Å²) < 4.78 is 2.08. The monoisotopic (exact) mass is 294 g/mol. The van der Waals surface area contributed by atoms with Gasteiger partial charge in [0.15, 0.2) is 0 Å². The minimum absolute atomic E-state index is 0.492. The van der Waals surface area contributed by atoms with Gasteiger partial charge in [-0.3, -0.25) is 0 Å². The molecule has 1 N–H and O–H groups in total. The van der Waals surface area contributed by atoms with E-state index in [1.165, 1.54) is 5.56 Å². The van der Waals surface area contributed by atoms with E-state index >= 15 is 0 Å². The lowest BCUT2D eigenvalue weighted by Gasteiger charge is -2.14. The predicted molar refractivity (Wildman–Crippen MR) is 90.0 cm³/mol. The molecule has 0 unspecified atom stereocenters. The van der Waals surface area contributed by atoms with Gasteiger partial charge in [-0.1, -0.05) is 50.2 Å². The second-order valence-electron chi connectivity index (χ2n) is 5.93. The molecule has 2 aromatic carbocycles. The zero-order valence-electron chi connectivity index (χ0n) is 13.3. The average molecular weight is 294 g/mol. The Balaban J connectivity index is 2.02. The maximum atomic E-state index is 10.8. The van der Waals surface area contributed by atoms with Crippen molar-refractivity contribution in [2.75, 3.05) is 0 Å². The molecule has 0 aliphatic heterocycles. The van der Waals surface area contributed by atoms with Crippen molar-refractivity contribution in [2.45, 2.75) is 39.3 Å². The highest BCUT2D eigenvalue weighted by Gasteiger charge is 2.19. The fourth-order valence-corrected chi connectivity index (χ4v) is 2.85. The minimum atomic E-state index is -0.700. The van der Waals surface area contributed by atoms with Gasteiger partial charge < -0.3 is 9.67 Å². The third-order valence-corrected chi connectivity index (χ3v) is 4.16. The minimum Gasteiger partial charge on any atom is -0.380 e. The molecule has 22 heavy (non-hydrogen) atoms. The topological polar surface area (TPSA) is 38.0 Å². The average Bonchev–Trinajstić information content (AvgIpc) is 2.92. The number of aryl methyl sites for hydroxylation is 1. The van der Waals surface area contributed by atoms with E-state index in [0.717, 1.165) is 23.1 Å². The summed E-state index contributed by atoms with van der Waals surface area (Å²) in [7, 11) is 0. The van der Waals surface area contributed by atoms with Crippen LogP contribution in [0.25, 0.3) is 11.0 Å². The summed E-state index contributed by atoms with van der Waals surface area (Å²) in [6.07, 6.45) is -0.700. The van der Waals surface area contributed by atoms with E-state index in [1.54, 1.807) is 0 Å². The number of para-hydroxylation sites is 2. The summed E-state index contributed by atoms with van der Waals surface area (Å²) in [5.74, 6) is 1.20. The van der Waals surface area contributed by atoms with Gasteiger partial charge in [-0.2, -0.15) is 0 Å². The van der Waals surface area contributed by atoms with Crippen LogP contribution in [0.4, 0.5) is 0 Å². The Morgan fingerprint density at radius 1 is 1.00 bits per heavy atom. The van der Waals surface area contributed by atoms with Gasteiger partial charge in [0, 0.05) is 6.54 Å². The van der Waals surface area contributed by atoms with Crippen LogP contribution in [-0.4, -0.2) is 14.7 Å². The number of aromatic nitrogens is 2. The molecular weight excluding hydrogens is 272 g/mol. The van der Waals surface area contributed by atoms with E-state index in [0.29, 0.717) is 11.7 Å². The van der Waals surface area contributed by atoms with Crippen molar-refractivity contribution in [1.82, 2.24) is 9.55 Å². The third kappa shape index (κ3) is 2.53. The number of imidazole rings is 1. The van der Waals surface area contributed by atoms with Crippen molar-refractivity contribution in [2.24, 2.45) is 0 Å². The first-order valence-corrected chi connectivity index (χ1v) is 7.85. The smallest absolute Gasteiger partial charge is 0.143 e. The quantitative estimate of drug-likeness (QED) is 0.780. The molecule has 114 valence electrons. The van der Waals surface area contributed by atoms with Crippen LogP contribution < -0.4 is 0 Å². The summed E-state index contributed by atoms with van der Waals surface area (Å²) in [5.41, 5.74) is 4.16. The fourth-order valence-electron chi connectivity index (χ4n) is 2.85. The number of aliphatic hydroxyl groups is 1. The Kier molecular flexibility index (Phi) is 3.99. The fraction of sp³-hybridized carbons (Fsp3) is 0.316. The van der Waals surface area contributed by atoms with Gasteiger partial charge in [-0.25, -0.2) is 4.98 Å². The molecule has 0 amide bonds. The van der Waals surface area contributed by atoms with Gasteiger partial charge in [-0.05, 0) is 36.1 Å². The van der Waals surface area contributed by atoms with Gasteiger partial charge in [0.25, 0.3) is 0 Å². The molecule has 3 nitrogen and oxygen atoms in total. The van der Waals surface area contributed by atoms with E-state index < -0.39 is 6.10 Å². The highest BCUT2D eigenvalue weighted by atomic mass is 16.3. The van der Waals surface area contributed by atoms with Crippen LogP contribution in [0.3, 0.4) is 0 Å². The predicted octanol–water partition coefficient (Wildman–Crippen LogP) is 4.26. The van der Waals surface area contributed by atoms with Crippen LogP contribution in [0, 0.1) is 0 Å². The van der Waals surface area contributed by atoms with Gasteiger partial charge in [0.1, 0.15) is 11.9 Å². The SMILES string of the molecule is CCn1c([C@@H](O)c2ccc(C(C)C)cc2)nc2ccccc21. The molecule has 0 aliphatic carbocycles. The van der Waals surface area contributed by atoms with Crippen LogP contribution in [0.5, 0.6) is 0 Å². The van der Waals surface area contributed by atoms with Crippen molar-refractivity contribution in [1.29, 1.82) is 0 Å². The summed E-state index contributed by atoms with van der Waals surface area (Å²) in [5, 5.41) is 10.8. The molecule has 0 fully saturated rings. The maximum absolute atomic E-state index is 10.8. The van der Waals surface area contributed by atoms with Crippen molar-refractivity contribution in [3.05, 3.63) is 65.5 Å². The van der Waals surface area contributed by atoms with E-state index in [-0.39, 0.29) is 0 Å². The van der Waals surface area contributed by atoms with Crippen LogP contribution >= 0.6 is 0 Å². The summed E-state index contributed by atoms with van der Waals surface area (Å²) in [6, 6.07) is 16.2. The van der Waals surface area contributed by atoms with Crippen molar-refractivity contribution < 1.29 is 5.11 Å². The molecule has 3 aromatic rings. The standard InChI is InChI=1S/C19H22N2O/c1-4-21-17-8-6-5-7-16(17)20-19(21)18(22)15-11-9-14(10-12-15)13(2)3/h5-13,18,22H,4H2,1-3H3/t18-/m0/s1. The number of hydrogen-bond donors (Lipinski definition) is 1. The summed E-state index contributed by atoms with van der Waals surface area (Å²) in [6.45, 7) is 7.20. The van der Waals surface area contributed by atoms with Gasteiger partial charge in [-0.15, -0.1) is 0 Å². The second kappa shape index (κ2) is 5.93. The normalized spacial score (nSPS) is 13.0. The first-order chi connectivity index (χ1) is 10.6. The molecule has 0 spiro atoms.